The van der Waals surface area contributed by atoms with Crippen LogP contribution >= 0.6 is 0 Å². The predicted molar refractivity (Wildman–Crippen MR) is 141 cm³/mol. The highest BCUT2D eigenvalue weighted by Crippen LogP contribution is 2.12. The molecule has 0 radical (unpaired) electrons. The summed E-state index contributed by atoms with van der Waals surface area (Å²) in [6, 6.07) is 23.3. The van der Waals surface area contributed by atoms with Crippen LogP contribution in [-0.2, 0) is 22.7 Å². The average molecular weight is 485 g/mol. The molecular weight excluding hydrogens is 456 g/mol. The van der Waals surface area contributed by atoms with E-state index in [4.69, 9.17) is 0 Å². The number of carbonyl (C=O) groups excluding carboxylic acids is 2. The Bertz CT molecular complexity index is 1510. The summed E-state index contributed by atoms with van der Waals surface area (Å²) in [7, 11) is 0. The van der Waals surface area contributed by atoms with Gasteiger partial charge in [0.05, 0.1) is 10.9 Å². The third-order valence-electron chi connectivity index (χ3n) is 5.83. The van der Waals surface area contributed by atoms with Crippen molar-refractivity contribution >= 4 is 34.1 Å². The van der Waals surface area contributed by atoms with Gasteiger partial charge in [-0.3, -0.25) is 23.5 Å². The Balaban J connectivity index is 1.48. The molecule has 0 fully saturated rings. The van der Waals surface area contributed by atoms with Gasteiger partial charge in [0.2, 0.25) is 11.8 Å². The van der Waals surface area contributed by atoms with Crippen molar-refractivity contribution in [2.75, 3.05) is 10.6 Å². The number of fused-ring (bicyclic) bond motifs is 1. The van der Waals surface area contributed by atoms with Crippen LogP contribution in [0.1, 0.15) is 24.8 Å². The van der Waals surface area contributed by atoms with Crippen LogP contribution in [0.4, 0.5) is 11.4 Å². The molecule has 0 unspecified atom stereocenters. The number of amides is 2. The zero-order chi connectivity index (χ0) is 25.5. The zero-order valence-electron chi connectivity index (χ0n) is 20.1. The van der Waals surface area contributed by atoms with Crippen LogP contribution in [-0.4, -0.2) is 20.9 Å². The molecule has 0 bridgehead atoms. The normalized spacial score (nSPS) is 10.8. The molecule has 0 aliphatic heterocycles. The monoisotopic (exact) mass is 484 g/mol. The van der Waals surface area contributed by atoms with Crippen molar-refractivity contribution in [1.29, 1.82) is 0 Å². The van der Waals surface area contributed by atoms with E-state index in [1.807, 2.05) is 55.5 Å². The van der Waals surface area contributed by atoms with Crippen molar-refractivity contribution in [3.63, 3.8) is 0 Å². The fourth-order valence-electron chi connectivity index (χ4n) is 4.09. The lowest BCUT2D eigenvalue weighted by Crippen LogP contribution is -2.41. The summed E-state index contributed by atoms with van der Waals surface area (Å²) in [6.45, 7) is 1.85. The first-order valence-corrected chi connectivity index (χ1v) is 11.9. The minimum absolute atomic E-state index is 0.128. The van der Waals surface area contributed by atoms with E-state index in [-0.39, 0.29) is 31.3 Å². The van der Waals surface area contributed by atoms with E-state index >= 15 is 0 Å². The molecule has 8 heteroatoms. The SMILES string of the molecule is Cc1cccc(NC(=O)Cn2c(=O)n(CCCCC(=O)Nc3ccccc3)c(=O)c3ccccc32)c1. The first kappa shape index (κ1) is 24.7. The molecule has 4 aromatic rings. The van der Waals surface area contributed by atoms with Gasteiger partial charge in [-0.1, -0.05) is 42.5 Å². The molecule has 2 amide bonds. The molecule has 0 atom stereocenters. The van der Waals surface area contributed by atoms with E-state index in [9.17, 15) is 19.2 Å². The van der Waals surface area contributed by atoms with Crippen molar-refractivity contribution in [2.24, 2.45) is 0 Å². The molecule has 184 valence electrons. The maximum Gasteiger partial charge on any atom is 0.331 e. The van der Waals surface area contributed by atoms with E-state index in [1.165, 1.54) is 4.57 Å². The van der Waals surface area contributed by atoms with Crippen molar-refractivity contribution in [2.45, 2.75) is 39.3 Å². The molecule has 0 spiro atoms. The highest BCUT2D eigenvalue weighted by Gasteiger charge is 2.15. The number of rotatable bonds is 9. The fourth-order valence-corrected chi connectivity index (χ4v) is 4.09. The summed E-state index contributed by atoms with van der Waals surface area (Å²) in [5.41, 5.74) is 1.82. The molecule has 3 aromatic carbocycles. The van der Waals surface area contributed by atoms with Gasteiger partial charge in [-0.2, -0.15) is 0 Å². The number of benzene rings is 3. The lowest BCUT2D eigenvalue weighted by molar-refractivity contribution is -0.117. The largest absolute Gasteiger partial charge is 0.331 e. The topological polar surface area (TPSA) is 102 Å². The standard InChI is InChI=1S/C28H28N4O4/c1-20-10-9-13-22(18-20)30-26(34)19-32-24-15-6-5-14-23(24)27(35)31(28(32)36)17-8-7-16-25(33)29-21-11-3-2-4-12-21/h2-6,9-15,18H,7-8,16-17,19H2,1H3,(H,29,33)(H,30,34). The average Bonchev–Trinajstić information content (AvgIpc) is 2.86. The molecule has 0 aliphatic carbocycles. The lowest BCUT2D eigenvalue weighted by Gasteiger charge is -2.14. The summed E-state index contributed by atoms with van der Waals surface area (Å²) in [5, 5.41) is 6.00. The Labute approximate surface area is 208 Å². The Morgan fingerprint density at radius 1 is 0.750 bits per heavy atom. The minimum atomic E-state index is -0.549. The van der Waals surface area contributed by atoms with Gasteiger partial charge in [-0.25, -0.2) is 4.79 Å². The van der Waals surface area contributed by atoms with E-state index < -0.39 is 11.2 Å². The summed E-state index contributed by atoms with van der Waals surface area (Å²) < 4.78 is 2.47. The third kappa shape index (κ3) is 5.96. The summed E-state index contributed by atoms with van der Waals surface area (Å²) in [5.74, 6) is -0.493. The highest BCUT2D eigenvalue weighted by atomic mass is 16.2. The number of para-hydroxylation sites is 2. The Hall–Kier alpha value is -4.46. The maximum atomic E-state index is 13.3. The molecule has 0 saturated heterocycles. The van der Waals surface area contributed by atoms with Gasteiger partial charge in [0, 0.05) is 24.3 Å². The summed E-state index contributed by atoms with van der Waals surface area (Å²) in [6.07, 6.45) is 1.24. The predicted octanol–water partition coefficient (Wildman–Crippen LogP) is 3.92. The lowest BCUT2D eigenvalue weighted by atomic mass is 10.2. The molecule has 8 nitrogen and oxygen atoms in total. The number of unbranched alkanes of at least 4 members (excludes halogenated alkanes) is 1. The van der Waals surface area contributed by atoms with Gasteiger partial charge in [0.1, 0.15) is 6.54 Å². The van der Waals surface area contributed by atoms with E-state index in [0.717, 1.165) is 15.8 Å². The second-order valence-electron chi connectivity index (χ2n) is 8.63. The van der Waals surface area contributed by atoms with Crippen molar-refractivity contribution in [3.8, 4) is 0 Å². The number of aryl methyl sites for hydroxylation is 1. The van der Waals surface area contributed by atoms with Crippen LogP contribution in [0.25, 0.3) is 10.9 Å². The van der Waals surface area contributed by atoms with Gasteiger partial charge in [-0.05, 0) is 61.7 Å². The fraction of sp³-hybridized carbons (Fsp3) is 0.214. The quantitative estimate of drug-likeness (QED) is 0.352. The number of carbonyl (C=O) groups is 2. The number of aromatic nitrogens is 2. The highest BCUT2D eigenvalue weighted by molar-refractivity contribution is 5.92. The van der Waals surface area contributed by atoms with Gasteiger partial charge in [-0.15, -0.1) is 0 Å². The van der Waals surface area contributed by atoms with Crippen molar-refractivity contribution in [3.05, 3.63) is 105 Å². The smallest absolute Gasteiger partial charge is 0.326 e. The first-order chi connectivity index (χ1) is 17.4. The molecule has 0 aliphatic rings. The van der Waals surface area contributed by atoms with Crippen molar-refractivity contribution < 1.29 is 9.59 Å². The first-order valence-electron chi connectivity index (χ1n) is 11.9. The second-order valence-corrected chi connectivity index (χ2v) is 8.63. The Kier molecular flexibility index (Phi) is 7.75. The molecule has 0 saturated carbocycles. The van der Waals surface area contributed by atoms with Crippen LogP contribution in [0.5, 0.6) is 0 Å². The third-order valence-corrected chi connectivity index (χ3v) is 5.83. The Morgan fingerprint density at radius 2 is 1.44 bits per heavy atom. The molecule has 36 heavy (non-hydrogen) atoms. The Morgan fingerprint density at radius 3 is 2.22 bits per heavy atom. The number of nitrogens with zero attached hydrogens (tertiary/aromatic N) is 2. The second kappa shape index (κ2) is 11.3. The molecule has 4 rings (SSSR count). The van der Waals surface area contributed by atoms with Gasteiger partial charge >= 0.3 is 5.69 Å². The van der Waals surface area contributed by atoms with Crippen LogP contribution in [0.15, 0.2) is 88.5 Å². The van der Waals surface area contributed by atoms with Gasteiger partial charge < -0.3 is 10.6 Å². The van der Waals surface area contributed by atoms with Crippen LogP contribution in [0.3, 0.4) is 0 Å². The molecule has 1 aromatic heterocycles. The minimum Gasteiger partial charge on any atom is -0.326 e. The van der Waals surface area contributed by atoms with Gasteiger partial charge in [0.25, 0.3) is 5.56 Å². The number of anilines is 2. The molecular formula is C28H28N4O4. The van der Waals surface area contributed by atoms with Gasteiger partial charge in [0.15, 0.2) is 0 Å². The maximum absolute atomic E-state index is 13.3. The van der Waals surface area contributed by atoms with Crippen molar-refractivity contribution in [1.82, 2.24) is 9.13 Å². The van der Waals surface area contributed by atoms with E-state index in [0.29, 0.717) is 29.4 Å². The number of nitrogens with one attached hydrogen (secondary N) is 2. The van der Waals surface area contributed by atoms with Crippen LogP contribution in [0.2, 0.25) is 0 Å². The summed E-state index contributed by atoms with van der Waals surface area (Å²) >= 11 is 0. The van der Waals surface area contributed by atoms with E-state index in [1.54, 1.807) is 30.3 Å². The molecule has 2 N–H and O–H groups in total. The molecule has 1 heterocycles. The summed E-state index contributed by atoms with van der Waals surface area (Å²) in [4.78, 5) is 51.3. The zero-order valence-corrected chi connectivity index (χ0v) is 20.1. The van der Waals surface area contributed by atoms with Crippen LogP contribution < -0.4 is 21.9 Å². The van der Waals surface area contributed by atoms with E-state index in [2.05, 4.69) is 10.6 Å². The number of hydrogen-bond acceptors (Lipinski definition) is 4. The number of hydrogen-bond donors (Lipinski definition) is 2. The van der Waals surface area contributed by atoms with Crippen LogP contribution in [0, 0.1) is 6.92 Å².